The highest BCUT2D eigenvalue weighted by Gasteiger charge is 2.16. The molecule has 1 heterocycles. The van der Waals surface area contributed by atoms with Crippen LogP contribution in [0, 0.1) is 6.57 Å². The van der Waals surface area contributed by atoms with E-state index in [0.29, 0.717) is 16.5 Å². The van der Waals surface area contributed by atoms with E-state index in [4.69, 9.17) is 23.9 Å². The van der Waals surface area contributed by atoms with Gasteiger partial charge in [0.2, 0.25) is 0 Å². The third kappa shape index (κ3) is 2.92. The average Bonchev–Trinajstić information content (AvgIpc) is 2.96. The van der Waals surface area contributed by atoms with E-state index in [1.54, 1.807) is 19.1 Å². The number of aromatic nitrogens is 2. The van der Waals surface area contributed by atoms with Crippen LogP contribution >= 0.6 is 11.6 Å². The van der Waals surface area contributed by atoms with Crippen molar-refractivity contribution in [3.05, 3.63) is 58.7 Å². The van der Waals surface area contributed by atoms with Gasteiger partial charge in [0, 0.05) is 5.02 Å². The molecule has 2 atom stereocenters. The second-order valence-electron chi connectivity index (χ2n) is 5.40. The summed E-state index contributed by atoms with van der Waals surface area (Å²) in [6.45, 7) is 8.65. The van der Waals surface area contributed by atoms with E-state index in [9.17, 15) is 5.11 Å². The first-order chi connectivity index (χ1) is 11.0. The predicted octanol–water partition coefficient (Wildman–Crippen LogP) is 3.81. The number of benzene rings is 2. The first-order valence-corrected chi connectivity index (χ1v) is 7.48. The summed E-state index contributed by atoms with van der Waals surface area (Å²) in [4.78, 5) is 10.9. The number of hydrogen-bond acceptors (Lipinski definition) is 3. The molecular formula is C17H15ClN4O. The number of nitrogens with two attached hydrogens (primary N) is 1. The second kappa shape index (κ2) is 6.01. The number of nitrogens with one attached hydrogen (secondary N) is 1. The summed E-state index contributed by atoms with van der Waals surface area (Å²) in [5, 5.41) is 10.1. The summed E-state index contributed by atoms with van der Waals surface area (Å²) in [6.07, 6.45) is -0.689. The Labute approximate surface area is 138 Å². The molecule has 4 N–H and O–H groups in total. The molecule has 1 aromatic heterocycles. The maximum absolute atomic E-state index is 9.59. The van der Waals surface area contributed by atoms with Crippen LogP contribution in [-0.2, 0) is 0 Å². The fourth-order valence-electron chi connectivity index (χ4n) is 2.39. The first kappa shape index (κ1) is 15.5. The summed E-state index contributed by atoms with van der Waals surface area (Å²) in [7, 11) is 0. The summed E-state index contributed by atoms with van der Waals surface area (Å²) in [5.41, 5.74) is 9.77. The van der Waals surface area contributed by atoms with Gasteiger partial charge in [0.25, 0.3) is 0 Å². The highest BCUT2D eigenvalue weighted by atomic mass is 35.5. The molecule has 0 aliphatic carbocycles. The number of hydrogen-bond donors (Lipinski definition) is 3. The van der Waals surface area contributed by atoms with Gasteiger partial charge in [-0.3, -0.25) is 0 Å². The lowest BCUT2D eigenvalue weighted by Crippen LogP contribution is -2.24. The van der Waals surface area contributed by atoms with E-state index in [-0.39, 0.29) is 0 Å². The number of aliphatic hydroxyl groups is 1. The maximum atomic E-state index is 9.59. The molecule has 23 heavy (non-hydrogen) atoms. The summed E-state index contributed by atoms with van der Waals surface area (Å²) >= 11 is 6.27. The normalized spacial score (nSPS) is 13.7. The van der Waals surface area contributed by atoms with E-state index < -0.39 is 12.1 Å². The lowest BCUT2D eigenvalue weighted by Gasteiger charge is -2.10. The molecular weight excluding hydrogens is 312 g/mol. The minimum Gasteiger partial charge on any atom is -0.391 e. The molecule has 0 radical (unpaired) electrons. The van der Waals surface area contributed by atoms with Crippen LogP contribution in [0.1, 0.15) is 18.8 Å². The highest BCUT2D eigenvalue weighted by molar-refractivity contribution is 6.33. The molecule has 3 aromatic rings. The third-order valence-corrected chi connectivity index (χ3v) is 4.04. The van der Waals surface area contributed by atoms with E-state index in [2.05, 4.69) is 14.8 Å². The number of fused-ring (bicyclic) bond motifs is 1. The molecule has 0 spiro atoms. The van der Waals surface area contributed by atoms with Crippen LogP contribution in [0.15, 0.2) is 36.4 Å². The molecule has 116 valence electrons. The Morgan fingerprint density at radius 1 is 1.30 bits per heavy atom. The molecule has 3 rings (SSSR count). The van der Waals surface area contributed by atoms with Crippen molar-refractivity contribution >= 4 is 28.3 Å². The number of aliphatic hydroxyl groups excluding tert-OH is 1. The zero-order valence-electron chi connectivity index (χ0n) is 12.4. The van der Waals surface area contributed by atoms with Crippen LogP contribution in [0.5, 0.6) is 0 Å². The van der Waals surface area contributed by atoms with Crippen LogP contribution in [0.2, 0.25) is 5.02 Å². The first-order valence-electron chi connectivity index (χ1n) is 7.10. The third-order valence-electron chi connectivity index (χ3n) is 3.73. The Hall–Kier alpha value is -2.39. The van der Waals surface area contributed by atoms with Gasteiger partial charge in [0.05, 0.1) is 29.8 Å². The van der Waals surface area contributed by atoms with Gasteiger partial charge in [-0.25, -0.2) is 9.83 Å². The van der Waals surface area contributed by atoms with Crippen molar-refractivity contribution in [3.63, 3.8) is 0 Å². The van der Waals surface area contributed by atoms with Crippen molar-refractivity contribution in [2.75, 3.05) is 0 Å². The lowest BCUT2D eigenvalue weighted by molar-refractivity contribution is 0.161. The van der Waals surface area contributed by atoms with E-state index in [1.807, 2.05) is 24.3 Å². The van der Waals surface area contributed by atoms with E-state index in [1.165, 1.54) is 0 Å². The van der Waals surface area contributed by atoms with Gasteiger partial charge in [-0.1, -0.05) is 29.8 Å². The molecule has 2 aromatic carbocycles. The van der Waals surface area contributed by atoms with Crippen molar-refractivity contribution in [3.8, 4) is 11.1 Å². The molecule has 0 saturated heterocycles. The molecule has 0 amide bonds. The fourth-order valence-corrected chi connectivity index (χ4v) is 2.67. The Bertz CT molecular complexity index is 911. The monoisotopic (exact) mass is 326 g/mol. The van der Waals surface area contributed by atoms with Gasteiger partial charge in [-0.15, -0.1) is 0 Å². The lowest BCUT2D eigenvalue weighted by atomic mass is 10.0. The van der Waals surface area contributed by atoms with Crippen LogP contribution in [0.3, 0.4) is 0 Å². The van der Waals surface area contributed by atoms with Gasteiger partial charge in [0.15, 0.2) is 5.69 Å². The Morgan fingerprint density at radius 3 is 2.74 bits per heavy atom. The van der Waals surface area contributed by atoms with Gasteiger partial charge < -0.3 is 15.8 Å². The van der Waals surface area contributed by atoms with Crippen LogP contribution in [-0.4, -0.2) is 21.2 Å². The van der Waals surface area contributed by atoms with Crippen molar-refractivity contribution in [2.45, 2.75) is 19.1 Å². The predicted molar refractivity (Wildman–Crippen MR) is 91.4 cm³/mol. The summed E-state index contributed by atoms with van der Waals surface area (Å²) in [5.74, 6) is 0.543. The molecule has 0 bridgehead atoms. The van der Waals surface area contributed by atoms with Gasteiger partial charge in [-0.2, -0.15) is 0 Å². The fraction of sp³-hybridized carbons (Fsp3) is 0.176. The number of halogens is 1. The molecule has 0 saturated carbocycles. The molecule has 0 unspecified atom stereocenters. The average molecular weight is 327 g/mol. The molecule has 0 fully saturated rings. The molecule has 0 aliphatic heterocycles. The van der Waals surface area contributed by atoms with Crippen molar-refractivity contribution in [1.82, 2.24) is 9.97 Å². The van der Waals surface area contributed by atoms with Crippen LogP contribution in [0.4, 0.5) is 5.69 Å². The zero-order valence-corrected chi connectivity index (χ0v) is 13.2. The van der Waals surface area contributed by atoms with Gasteiger partial charge in [0.1, 0.15) is 5.82 Å². The topological polar surface area (TPSA) is 79.3 Å². The Kier molecular flexibility index (Phi) is 4.05. The quantitative estimate of drug-likeness (QED) is 0.640. The summed E-state index contributed by atoms with van der Waals surface area (Å²) in [6, 6.07) is 10.4. The van der Waals surface area contributed by atoms with Crippen molar-refractivity contribution in [1.29, 1.82) is 0 Å². The number of imidazole rings is 1. The molecule has 0 aliphatic rings. The Morgan fingerprint density at radius 2 is 2.09 bits per heavy atom. The molecule has 5 nitrogen and oxygen atoms in total. The minimum atomic E-state index is -0.689. The van der Waals surface area contributed by atoms with Crippen LogP contribution < -0.4 is 5.73 Å². The standard InChI is InChI=1S/C17H15ClN4O/c1-9(23)16(19)17-21-14-6-3-10(7-15(14)22-17)12-5-4-11(20-2)8-13(12)18/h3-9,16,23H,19H2,1H3,(H,21,22)/t9-,16+/m1/s1. The molecule has 6 heteroatoms. The van der Waals surface area contributed by atoms with Gasteiger partial charge in [-0.05, 0) is 36.2 Å². The Balaban J connectivity index is 2.05. The van der Waals surface area contributed by atoms with E-state index >= 15 is 0 Å². The SMILES string of the molecule is [C-]#[N+]c1ccc(-c2ccc3nc([C@@H](N)[C@@H](C)O)[nH]c3c2)c(Cl)c1. The second-order valence-corrected chi connectivity index (χ2v) is 5.80. The smallest absolute Gasteiger partial charge is 0.188 e. The minimum absolute atomic E-state index is 0.506. The summed E-state index contributed by atoms with van der Waals surface area (Å²) < 4.78 is 0. The zero-order chi connectivity index (χ0) is 16.6. The number of aromatic amines is 1. The number of rotatable bonds is 3. The van der Waals surface area contributed by atoms with Crippen molar-refractivity contribution < 1.29 is 5.11 Å². The van der Waals surface area contributed by atoms with Crippen molar-refractivity contribution in [2.24, 2.45) is 5.73 Å². The largest absolute Gasteiger partial charge is 0.391 e. The number of H-pyrrole nitrogens is 1. The maximum Gasteiger partial charge on any atom is 0.188 e. The number of nitrogens with zero attached hydrogens (tertiary/aromatic N) is 2. The van der Waals surface area contributed by atoms with E-state index in [0.717, 1.165) is 22.2 Å². The van der Waals surface area contributed by atoms with Gasteiger partial charge >= 0.3 is 0 Å². The van der Waals surface area contributed by atoms with Crippen LogP contribution in [0.25, 0.3) is 27.0 Å². The highest BCUT2D eigenvalue weighted by Crippen LogP contribution is 2.32.